The molecule has 3 aromatic heterocycles. The van der Waals surface area contributed by atoms with Gasteiger partial charge in [0.25, 0.3) is 0 Å². The molecule has 0 unspecified atom stereocenters. The van der Waals surface area contributed by atoms with Gasteiger partial charge >= 0.3 is 0 Å². The Kier molecular flexibility index (Phi) is 3.74. The Labute approximate surface area is 124 Å². The van der Waals surface area contributed by atoms with E-state index in [1.54, 1.807) is 18.5 Å². The van der Waals surface area contributed by atoms with Gasteiger partial charge in [0.2, 0.25) is 0 Å². The number of nitrogens with zero attached hydrogens (tertiary/aromatic N) is 3. The van der Waals surface area contributed by atoms with Gasteiger partial charge in [-0.1, -0.05) is 17.8 Å². The second kappa shape index (κ2) is 5.84. The van der Waals surface area contributed by atoms with Gasteiger partial charge in [-0.3, -0.25) is 9.97 Å². The van der Waals surface area contributed by atoms with Crippen molar-refractivity contribution in [3.63, 3.8) is 0 Å². The Morgan fingerprint density at radius 1 is 1.05 bits per heavy atom. The van der Waals surface area contributed by atoms with Crippen molar-refractivity contribution in [2.24, 2.45) is 0 Å². The molecule has 0 aromatic carbocycles. The minimum absolute atomic E-state index is 0.0409. The second-order valence-electron chi connectivity index (χ2n) is 4.26. The normalized spacial score (nSPS) is 10.7. The molecule has 3 rings (SSSR count). The quantitative estimate of drug-likeness (QED) is 0.506. The molecule has 106 valence electrons. The topological polar surface area (TPSA) is 94.9 Å². The zero-order valence-corrected chi connectivity index (χ0v) is 11.7. The highest BCUT2D eigenvalue weighted by atomic mass is 32.2. The van der Waals surface area contributed by atoms with Crippen molar-refractivity contribution >= 4 is 11.8 Å². The number of thioether (sulfide) groups is 1. The minimum Gasteiger partial charge on any atom is -0.495 e. The lowest BCUT2D eigenvalue weighted by molar-refractivity contribution is 0.424. The van der Waals surface area contributed by atoms with Crippen molar-refractivity contribution < 1.29 is 10.2 Å². The monoisotopic (exact) mass is 300 g/mol. The van der Waals surface area contributed by atoms with Crippen LogP contribution >= 0.6 is 11.8 Å². The number of H-pyrrole nitrogens is 1. The largest absolute Gasteiger partial charge is 0.495 e. The summed E-state index contributed by atoms with van der Waals surface area (Å²) in [5.41, 5.74) is 2.13. The van der Waals surface area contributed by atoms with Crippen LogP contribution in [0, 0.1) is 0 Å². The molecular weight excluding hydrogens is 288 g/mol. The molecule has 0 saturated carbocycles. The Morgan fingerprint density at radius 2 is 1.95 bits per heavy atom. The molecule has 0 amide bonds. The van der Waals surface area contributed by atoms with Crippen LogP contribution in [-0.4, -0.2) is 30.1 Å². The van der Waals surface area contributed by atoms with Crippen LogP contribution in [-0.2, 0) is 5.75 Å². The van der Waals surface area contributed by atoms with Crippen LogP contribution in [0.4, 0.5) is 0 Å². The van der Waals surface area contributed by atoms with Crippen LogP contribution in [0.3, 0.4) is 0 Å². The van der Waals surface area contributed by atoms with E-state index in [0.717, 1.165) is 11.4 Å². The molecule has 0 aliphatic rings. The second-order valence-corrected chi connectivity index (χ2v) is 5.20. The van der Waals surface area contributed by atoms with E-state index in [9.17, 15) is 10.2 Å². The SMILES string of the molecule is Oc1cc(CSc2nccc(-c3ccccn3)n2)c(O)[nH]1. The Hall–Kier alpha value is -2.54. The fourth-order valence-corrected chi connectivity index (χ4v) is 2.59. The molecular formula is C14H12N4O2S. The molecule has 7 heteroatoms. The molecule has 0 bridgehead atoms. The van der Waals surface area contributed by atoms with Crippen LogP contribution in [0.1, 0.15) is 5.56 Å². The average Bonchev–Trinajstić information content (AvgIpc) is 2.84. The highest BCUT2D eigenvalue weighted by Gasteiger charge is 2.09. The van der Waals surface area contributed by atoms with E-state index in [2.05, 4.69) is 19.9 Å². The molecule has 0 spiro atoms. The summed E-state index contributed by atoms with van der Waals surface area (Å²) in [6.45, 7) is 0. The van der Waals surface area contributed by atoms with Crippen molar-refractivity contribution in [2.45, 2.75) is 10.9 Å². The standard InChI is InChI=1S/C14H12N4O2S/c19-12-7-9(13(20)18-12)8-21-14-16-6-4-11(17-14)10-3-1-2-5-15-10/h1-7,18-20H,8H2. The molecule has 6 nitrogen and oxygen atoms in total. The third-order valence-corrected chi connectivity index (χ3v) is 3.69. The van der Waals surface area contributed by atoms with E-state index in [-0.39, 0.29) is 11.8 Å². The number of aromatic amines is 1. The molecule has 0 saturated heterocycles. The third kappa shape index (κ3) is 3.14. The maximum Gasteiger partial charge on any atom is 0.195 e. The van der Waals surface area contributed by atoms with Gasteiger partial charge in [0.05, 0.1) is 11.4 Å². The van der Waals surface area contributed by atoms with Crippen molar-refractivity contribution in [1.29, 1.82) is 0 Å². The summed E-state index contributed by atoms with van der Waals surface area (Å²) >= 11 is 1.37. The fourth-order valence-electron chi connectivity index (χ4n) is 1.79. The molecule has 3 N–H and O–H groups in total. The van der Waals surface area contributed by atoms with E-state index in [0.29, 0.717) is 16.5 Å². The van der Waals surface area contributed by atoms with Crippen LogP contribution in [0.2, 0.25) is 0 Å². The summed E-state index contributed by atoms with van der Waals surface area (Å²) in [6, 6.07) is 8.91. The van der Waals surface area contributed by atoms with Gasteiger partial charge in [-0.25, -0.2) is 9.97 Å². The summed E-state index contributed by atoms with van der Waals surface area (Å²) < 4.78 is 0. The van der Waals surface area contributed by atoms with Gasteiger partial charge in [0.1, 0.15) is 0 Å². The van der Waals surface area contributed by atoms with E-state index in [4.69, 9.17) is 0 Å². The first-order valence-corrected chi connectivity index (χ1v) is 7.18. The number of rotatable bonds is 4. The molecule has 3 heterocycles. The zero-order valence-electron chi connectivity index (χ0n) is 10.9. The molecule has 3 aromatic rings. The average molecular weight is 300 g/mol. The van der Waals surface area contributed by atoms with E-state index < -0.39 is 0 Å². The number of hydrogen-bond acceptors (Lipinski definition) is 6. The van der Waals surface area contributed by atoms with Gasteiger partial charge in [-0.15, -0.1) is 0 Å². The molecule has 0 aliphatic carbocycles. The van der Waals surface area contributed by atoms with E-state index in [1.807, 2.05) is 18.2 Å². The van der Waals surface area contributed by atoms with Gasteiger partial charge in [-0.05, 0) is 18.2 Å². The summed E-state index contributed by atoms with van der Waals surface area (Å²) in [5, 5.41) is 19.4. The van der Waals surface area contributed by atoms with E-state index >= 15 is 0 Å². The fraction of sp³-hybridized carbons (Fsp3) is 0.0714. The Bertz CT molecular complexity index is 746. The van der Waals surface area contributed by atoms with Crippen LogP contribution in [0.5, 0.6) is 11.8 Å². The third-order valence-electron chi connectivity index (χ3n) is 2.78. The molecule has 0 fully saturated rings. The predicted molar refractivity (Wildman–Crippen MR) is 78.9 cm³/mol. The lowest BCUT2D eigenvalue weighted by Gasteiger charge is -2.02. The van der Waals surface area contributed by atoms with Crippen LogP contribution in [0.25, 0.3) is 11.4 Å². The summed E-state index contributed by atoms with van der Waals surface area (Å²) in [5.74, 6) is 0.348. The molecule has 21 heavy (non-hydrogen) atoms. The smallest absolute Gasteiger partial charge is 0.195 e. The van der Waals surface area contributed by atoms with Crippen molar-refractivity contribution in [2.75, 3.05) is 0 Å². The Morgan fingerprint density at radius 3 is 2.67 bits per heavy atom. The minimum atomic E-state index is -0.0637. The zero-order chi connectivity index (χ0) is 14.7. The maximum absolute atomic E-state index is 9.56. The number of pyridine rings is 1. The number of aromatic nitrogens is 4. The molecule has 0 atom stereocenters. The van der Waals surface area contributed by atoms with Gasteiger partial charge in [0.15, 0.2) is 16.9 Å². The number of hydrogen-bond donors (Lipinski definition) is 3. The summed E-state index contributed by atoms with van der Waals surface area (Å²) in [6.07, 6.45) is 3.39. The van der Waals surface area contributed by atoms with Crippen molar-refractivity contribution in [3.8, 4) is 23.1 Å². The molecule has 0 radical (unpaired) electrons. The summed E-state index contributed by atoms with van der Waals surface area (Å²) in [4.78, 5) is 15.3. The first-order chi connectivity index (χ1) is 10.2. The van der Waals surface area contributed by atoms with E-state index in [1.165, 1.54) is 17.8 Å². The number of nitrogens with one attached hydrogen (secondary N) is 1. The highest BCUT2D eigenvalue weighted by Crippen LogP contribution is 2.28. The predicted octanol–water partition coefficient (Wildman–Crippen LogP) is 2.57. The van der Waals surface area contributed by atoms with Gasteiger partial charge in [-0.2, -0.15) is 0 Å². The van der Waals surface area contributed by atoms with Crippen molar-refractivity contribution in [1.82, 2.24) is 19.9 Å². The van der Waals surface area contributed by atoms with Crippen molar-refractivity contribution in [3.05, 3.63) is 48.3 Å². The van der Waals surface area contributed by atoms with Gasteiger partial charge in [0, 0.05) is 29.8 Å². The van der Waals surface area contributed by atoms with Gasteiger partial charge < -0.3 is 10.2 Å². The highest BCUT2D eigenvalue weighted by molar-refractivity contribution is 7.98. The summed E-state index contributed by atoms with van der Waals surface area (Å²) in [7, 11) is 0. The van der Waals surface area contributed by atoms with Crippen LogP contribution in [0.15, 0.2) is 47.9 Å². The lowest BCUT2D eigenvalue weighted by Crippen LogP contribution is -1.91. The lowest BCUT2D eigenvalue weighted by atomic mass is 10.3. The molecule has 0 aliphatic heterocycles. The number of aromatic hydroxyl groups is 2. The maximum atomic E-state index is 9.56. The first kappa shape index (κ1) is 13.4. The first-order valence-electron chi connectivity index (χ1n) is 6.19. The van der Waals surface area contributed by atoms with Crippen LogP contribution < -0.4 is 0 Å². The Balaban J connectivity index is 1.76.